The van der Waals surface area contributed by atoms with Gasteiger partial charge in [0, 0.05) is 18.6 Å². The Kier molecular flexibility index (Phi) is 3.97. The molecule has 0 saturated heterocycles. The maximum absolute atomic E-state index is 10.0. The fraction of sp³-hybridized carbons (Fsp3) is 0.812. The fourth-order valence-electron chi connectivity index (χ4n) is 4.33. The molecule has 0 aromatic rings. The van der Waals surface area contributed by atoms with E-state index in [-0.39, 0.29) is 5.84 Å². The Morgan fingerprint density at radius 3 is 2.14 bits per heavy atom. The van der Waals surface area contributed by atoms with Gasteiger partial charge >= 0.3 is 0 Å². The molecule has 2 N–H and O–H groups in total. The van der Waals surface area contributed by atoms with E-state index in [0.29, 0.717) is 19.6 Å². The second-order valence-electron chi connectivity index (χ2n) is 6.10. The minimum atomic E-state index is -1.48. The van der Waals surface area contributed by atoms with Crippen molar-refractivity contribution >= 4 is 5.84 Å². The van der Waals surface area contributed by atoms with Gasteiger partial charge in [0.05, 0.1) is 12.1 Å². The smallest absolute Gasteiger partial charge is 0.293 e. The molecule has 1 heterocycles. The van der Waals surface area contributed by atoms with Gasteiger partial charge in [0.15, 0.2) is 5.41 Å². The van der Waals surface area contributed by atoms with Crippen LogP contribution < -0.4 is 5.73 Å². The monoisotopic (exact) mass is 304 g/mol. The summed E-state index contributed by atoms with van der Waals surface area (Å²) in [7, 11) is 0. The summed E-state index contributed by atoms with van der Waals surface area (Å²) in [6, 6.07) is 4.62. The lowest BCUT2D eigenvalue weighted by Crippen LogP contribution is -2.45. The van der Waals surface area contributed by atoms with Crippen LogP contribution >= 0.6 is 0 Å². The summed E-state index contributed by atoms with van der Waals surface area (Å²) in [5, 5.41) is 19.9. The molecule has 2 aliphatic rings. The third kappa shape index (κ3) is 1.42. The molecule has 1 aliphatic carbocycles. The fourth-order valence-corrected chi connectivity index (χ4v) is 4.33. The van der Waals surface area contributed by atoms with Gasteiger partial charge in [-0.25, -0.2) is 4.99 Å². The molecule has 6 nitrogen and oxygen atoms in total. The van der Waals surface area contributed by atoms with E-state index in [1.54, 1.807) is 0 Å². The number of unbranched alkanes of at least 4 members (excludes halogenated alkanes) is 1. The second kappa shape index (κ2) is 5.22. The molecule has 0 spiro atoms. The van der Waals surface area contributed by atoms with E-state index in [1.165, 1.54) is 0 Å². The first-order valence-electron chi connectivity index (χ1n) is 7.89. The van der Waals surface area contributed by atoms with Crippen molar-refractivity contribution in [3.8, 4) is 12.1 Å². The van der Waals surface area contributed by atoms with Crippen LogP contribution in [0.4, 0.5) is 0 Å². The SMILES string of the molecule is CCCC[C@@]1(C)[C@]2(C#N)C(N)=NC(OCC)(OCC)[C@]12C#N. The zero-order chi connectivity index (χ0) is 16.6. The Morgan fingerprint density at radius 2 is 1.73 bits per heavy atom. The number of nitriles is 2. The third-order valence-corrected chi connectivity index (χ3v) is 5.33. The van der Waals surface area contributed by atoms with Crippen molar-refractivity contribution in [2.75, 3.05) is 13.2 Å². The second-order valence-corrected chi connectivity index (χ2v) is 6.10. The molecular formula is C16H24N4O2. The Labute approximate surface area is 131 Å². The lowest BCUT2D eigenvalue weighted by atomic mass is 9.87. The van der Waals surface area contributed by atoms with Crippen molar-refractivity contribution in [1.82, 2.24) is 0 Å². The van der Waals surface area contributed by atoms with Gasteiger partial charge in [-0.2, -0.15) is 10.5 Å². The molecule has 0 amide bonds. The molecule has 0 radical (unpaired) electrons. The third-order valence-electron chi connectivity index (χ3n) is 5.33. The molecular weight excluding hydrogens is 280 g/mol. The zero-order valence-corrected chi connectivity index (χ0v) is 13.8. The first-order chi connectivity index (χ1) is 10.4. The summed E-state index contributed by atoms with van der Waals surface area (Å²) in [6.07, 6.45) is 2.60. The highest BCUT2D eigenvalue weighted by Crippen LogP contribution is 2.86. The van der Waals surface area contributed by atoms with E-state index in [9.17, 15) is 10.5 Å². The van der Waals surface area contributed by atoms with Crippen molar-refractivity contribution in [1.29, 1.82) is 10.5 Å². The van der Waals surface area contributed by atoms with E-state index in [4.69, 9.17) is 15.2 Å². The number of nitrogens with two attached hydrogens (primary N) is 1. The number of rotatable bonds is 7. The number of hydrogen-bond acceptors (Lipinski definition) is 6. The van der Waals surface area contributed by atoms with Crippen LogP contribution in [0, 0.1) is 38.9 Å². The average molecular weight is 304 g/mol. The van der Waals surface area contributed by atoms with Gasteiger partial charge in [0.2, 0.25) is 0 Å². The van der Waals surface area contributed by atoms with Crippen LogP contribution in [-0.4, -0.2) is 25.0 Å². The molecule has 1 aliphatic heterocycles. The molecule has 120 valence electrons. The van der Waals surface area contributed by atoms with Crippen LogP contribution in [0.2, 0.25) is 0 Å². The number of amidine groups is 1. The normalized spacial score (nSPS) is 37.8. The van der Waals surface area contributed by atoms with Gasteiger partial charge in [-0.05, 0) is 20.3 Å². The van der Waals surface area contributed by atoms with Crippen molar-refractivity contribution in [3.05, 3.63) is 0 Å². The number of ether oxygens (including phenoxy) is 2. The summed E-state index contributed by atoms with van der Waals surface area (Å²) in [6.45, 7) is 8.29. The van der Waals surface area contributed by atoms with Crippen LogP contribution in [-0.2, 0) is 9.47 Å². The highest BCUT2D eigenvalue weighted by molar-refractivity contribution is 6.00. The molecule has 1 saturated carbocycles. The highest BCUT2D eigenvalue weighted by atomic mass is 16.7. The summed E-state index contributed by atoms with van der Waals surface area (Å²) in [5.74, 6) is -1.31. The summed E-state index contributed by atoms with van der Waals surface area (Å²) < 4.78 is 11.6. The van der Waals surface area contributed by atoms with E-state index in [2.05, 4.69) is 24.1 Å². The van der Waals surface area contributed by atoms with Crippen LogP contribution in [0.15, 0.2) is 4.99 Å². The van der Waals surface area contributed by atoms with Crippen LogP contribution in [0.1, 0.15) is 47.0 Å². The van der Waals surface area contributed by atoms with E-state index in [1.807, 2.05) is 20.8 Å². The summed E-state index contributed by atoms with van der Waals surface area (Å²) >= 11 is 0. The molecule has 6 heteroatoms. The van der Waals surface area contributed by atoms with Gasteiger partial charge in [0.1, 0.15) is 11.3 Å². The van der Waals surface area contributed by atoms with Gasteiger partial charge in [-0.1, -0.05) is 26.7 Å². The molecule has 0 aromatic carbocycles. The van der Waals surface area contributed by atoms with Crippen LogP contribution in [0.3, 0.4) is 0 Å². The van der Waals surface area contributed by atoms with Gasteiger partial charge in [-0.3, -0.25) is 0 Å². The molecule has 0 bridgehead atoms. The molecule has 1 fully saturated rings. The first-order valence-corrected chi connectivity index (χ1v) is 7.89. The molecule has 2 rings (SSSR count). The highest BCUT2D eigenvalue weighted by Gasteiger charge is 2.98. The maximum Gasteiger partial charge on any atom is 0.293 e. The standard InChI is InChI=1S/C16H24N4O2/c1-5-8-9-13(4)14(10-17)12(19)20-16(21-6-2,22-7-3)15(13,14)11-18/h5-9H2,1-4H3,(H2,19,20)/t13-,14-,15+/m0/s1. The number of nitrogens with zero attached hydrogens (tertiary/aromatic N) is 3. The van der Waals surface area contributed by atoms with E-state index >= 15 is 0 Å². The van der Waals surface area contributed by atoms with Crippen molar-refractivity contribution in [2.24, 2.45) is 27.0 Å². The topological polar surface area (TPSA) is 104 Å². The molecule has 0 aromatic heterocycles. The Hall–Kier alpha value is -1.63. The Bertz CT molecular complexity index is 570. The first kappa shape index (κ1) is 16.7. The van der Waals surface area contributed by atoms with E-state index in [0.717, 1.165) is 12.8 Å². The zero-order valence-electron chi connectivity index (χ0n) is 13.8. The quantitative estimate of drug-likeness (QED) is 0.727. The largest absolute Gasteiger partial charge is 0.386 e. The Balaban J connectivity index is 2.63. The molecule has 3 atom stereocenters. The predicted octanol–water partition coefficient (Wildman–Crippen LogP) is 2.31. The van der Waals surface area contributed by atoms with Gasteiger partial charge in [0.25, 0.3) is 5.91 Å². The minimum Gasteiger partial charge on any atom is -0.386 e. The van der Waals surface area contributed by atoms with Crippen molar-refractivity contribution in [2.45, 2.75) is 52.9 Å². The minimum absolute atomic E-state index is 0.164. The molecule has 0 unspecified atom stereocenters. The summed E-state index contributed by atoms with van der Waals surface area (Å²) in [4.78, 5) is 4.32. The number of fused-ring (bicyclic) bond motifs is 1. The molecule has 22 heavy (non-hydrogen) atoms. The van der Waals surface area contributed by atoms with Gasteiger partial charge < -0.3 is 15.2 Å². The lowest BCUT2D eigenvalue weighted by molar-refractivity contribution is -0.260. The van der Waals surface area contributed by atoms with Crippen molar-refractivity contribution in [3.63, 3.8) is 0 Å². The number of hydrogen-bond donors (Lipinski definition) is 1. The van der Waals surface area contributed by atoms with Crippen LogP contribution in [0.25, 0.3) is 0 Å². The van der Waals surface area contributed by atoms with Gasteiger partial charge in [-0.15, -0.1) is 0 Å². The predicted molar refractivity (Wildman–Crippen MR) is 81.3 cm³/mol. The van der Waals surface area contributed by atoms with Crippen molar-refractivity contribution < 1.29 is 9.47 Å². The van der Waals surface area contributed by atoms with E-state index < -0.39 is 22.2 Å². The lowest BCUT2D eigenvalue weighted by Gasteiger charge is -2.34. The summed E-state index contributed by atoms with van der Waals surface area (Å²) in [5.41, 5.74) is 3.19. The Morgan fingerprint density at radius 1 is 1.14 bits per heavy atom. The number of aliphatic imine (C=N–C) groups is 1. The average Bonchev–Trinajstić information content (AvgIpc) is 2.90. The maximum atomic E-state index is 10.0. The van der Waals surface area contributed by atoms with Crippen LogP contribution in [0.5, 0.6) is 0 Å².